The average Bonchev–Trinajstić information content (AvgIpc) is 3.31. The third kappa shape index (κ3) is 6.18. The third-order valence-corrected chi connectivity index (χ3v) is 9.84. The Balaban J connectivity index is 1.83. The Morgan fingerprint density at radius 3 is 2.42 bits per heavy atom. The van der Waals surface area contributed by atoms with Crippen LogP contribution in [0.1, 0.15) is 62.8 Å². The largest absolute Gasteiger partial charge is 0.481 e. The Labute approximate surface area is 233 Å². The standard InChI is InChI=1S/C27H32Cl2N2O6S/c1-3-22(16-38(35,36)30-13-5-6-17(30)2)31-25(18-9-11-20(28)12-10-18)26(19-7-4-8-21(29)14-19)37-23(27(31)34)15-24(32)33/h4,7-12,14,17,22-23,25-26H,3,5-6,13,15-16H2,1-2H3,(H,32,33)/t17-,22-,23+,25+,26+/m0/s1. The second-order valence-corrected chi connectivity index (χ2v) is 12.7. The third-order valence-electron chi connectivity index (χ3n) is 7.29. The maximum atomic E-state index is 13.9. The van der Waals surface area contributed by atoms with Crippen molar-refractivity contribution in [1.82, 2.24) is 9.21 Å². The molecule has 38 heavy (non-hydrogen) atoms. The number of benzene rings is 2. The zero-order chi connectivity index (χ0) is 27.6. The molecule has 1 amide bonds. The van der Waals surface area contributed by atoms with Crippen LogP contribution in [0, 0.1) is 0 Å². The molecule has 0 unspecified atom stereocenters. The van der Waals surface area contributed by atoms with E-state index in [0.717, 1.165) is 12.8 Å². The number of carboxylic acids is 1. The number of carboxylic acid groups (broad SMARTS) is 1. The molecule has 2 heterocycles. The van der Waals surface area contributed by atoms with E-state index >= 15 is 0 Å². The smallest absolute Gasteiger partial charge is 0.306 e. The summed E-state index contributed by atoms with van der Waals surface area (Å²) >= 11 is 12.4. The molecule has 2 aromatic rings. The van der Waals surface area contributed by atoms with Gasteiger partial charge in [0.25, 0.3) is 5.91 Å². The first-order valence-electron chi connectivity index (χ1n) is 12.7. The fourth-order valence-corrected chi connectivity index (χ4v) is 7.91. The normalized spacial score (nSPS) is 25.5. The summed E-state index contributed by atoms with van der Waals surface area (Å²) in [5.41, 5.74) is 1.34. The van der Waals surface area contributed by atoms with Crippen molar-refractivity contribution in [2.24, 2.45) is 0 Å². The van der Waals surface area contributed by atoms with Crippen molar-refractivity contribution in [3.63, 3.8) is 0 Å². The number of ether oxygens (including phenoxy) is 1. The molecule has 11 heteroatoms. The van der Waals surface area contributed by atoms with Crippen molar-refractivity contribution in [3.05, 3.63) is 69.7 Å². The number of hydrogen-bond donors (Lipinski definition) is 1. The Hall–Kier alpha value is -2.17. The zero-order valence-electron chi connectivity index (χ0n) is 21.3. The molecule has 2 aliphatic heterocycles. The van der Waals surface area contributed by atoms with Gasteiger partial charge in [0.05, 0.1) is 18.2 Å². The summed E-state index contributed by atoms with van der Waals surface area (Å²) in [6.45, 7) is 4.17. The van der Waals surface area contributed by atoms with Crippen LogP contribution in [0.2, 0.25) is 10.0 Å². The predicted molar refractivity (Wildman–Crippen MR) is 146 cm³/mol. The number of sulfonamides is 1. The minimum Gasteiger partial charge on any atom is -0.481 e. The van der Waals surface area contributed by atoms with Crippen LogP contribution in [0.4, 0.5) is 0 Å². The monoisotopic (exact) mass is 582 g/mol. The highest BCUT2D eigenvalue weighted by Crippen LogP contribution is 2.45. The highest BCUT2D eigenvalue weighted by Gasteiger charge is 2.48. The highest BCUT2D eigenvalue weighted by atomic mass is 35.5. The molecule has 5 atom stereocenters. The van der Waals surface area contributed by atoms with E-state index in [0.29, 0.717) is 34.1 Å². The summed E-state index contributed by atoms with van der Waals surface area (Å²) < 4.78 is 34.8. The maximum absolute atomic E-state index is 13.9. The molecule has 4 rings (SSSR count). The van der Waals surface area contributed by atoms with Crippen LogP contribution < -0.4 is 0 Å². The van der Waals surface area contributed by atoms with Crippen LogP contribution in [0.5, 0.6) is 0 Å². The maximum Gasteiger partial charge on any atom is 0.306 e. The second-order valence-electron chi connectivity index (χ2n) is 9.88. The second kappa shape index (κ2) is 11.9. The molecule has 8 nitrogen and oxygen atoms in total. The molecule has 0 aliphatic carbocycles. The van der Waals surface area contributed by atoms with Gasteiger partial charge in [-0.25, -0.2) is 8.42 Å². The van der Waals surface area contributed by atoms with Gasteiger partial charge in [0.1, 0.15) is 12.2 Å². The van der Waals surface area contributed by atoms with Crippen molar-refractivity contribution < 1.29 is 27.9 Å². The van der Waals surface area contributed by atoms with Gasteiger partial charge in [-0.1, -0.05) is 54.4 Å². The van der Waals surface area contributed by atoms with Crippen LogP contribution in [0.3, 0.4) is 0 Å². The van der Waals surface area contributed by atoms with E-state index in [1.165, 1.54) is 9.21 Å². The SMILES string of the molecule is CC[C@@H](CS(=O)(=O)N1CCC[C@@H]1C)N1C(=O)[C@@H](CC(=O)O)O[C@H](c2cccc(Cl)c2)[C@H]1c1ccc(Cl)cc1. The van der Waals surface area contributed by atoms with E-state index in [2.05, 4.69) is 0 Å². The quantitative estimate of drug-likeness (QED) is 0.442. The summed E-state index contributed by atoms with van der Waals surface area (Å²) in [5.74, 6) is -2.02. The molecular weight excluding hydrogens is 551 g/mol. The fraction of sp³-hybridized carbons (Fsp3) is 0.481. The number of nitrogens with zero attached hydrogens (tertiary/aromatic N) is 2. The van der Waals surface area contributed by atoms with Crippen molar-refractivity contribution in [2.75, 3.05) is 12.3 Å². The molecule has 2 aromatic carbocycles. The Morgan fingerprint density at radius 2 is 1.84 bits per heavy atom. The number of carbonyl (C=O) groups is 2. The molecule has 0 aromatic heterocycles. The summed E-state index contributed by atoms with van der Waals surface area (Å²) in [6, 6.07) is 12.4. The lowest BCUT2D eigenvalue weighted by Gasteiger charge is -2.48. The summed E-state index contributed by atoms with van der Waals surface area (Å²) in [5, 5.41) is 10.5. The molecule has 0 saturated carbocycles. The van der Waals surface area contributed by atoms with Crippen molar-refractivity contribution in [1.29, 1.82) is 0 Å². The Bertz CT molecular complexity index is 1270. The molecule has 0 spiro atoms. The van der Waals surface area contributed by atoms with E-state index in [1.807, 2.05) is 13.8 Å². The lowest BCUT2D eigenvalue weighted by Crippen LogP contribution is -2.57. The van der Waals surface area contributed by atoms with Gasteiger partial charge in [-0.3, -0.25) is 9.59 Å². The summed E-state index contributed by atoms with van der Waals surface area (Å²) in [6.07, 6.45) is -0.705. The number of carbonyl (C=O) groups excluding carboxylic acids is 1. The molecule has 0 radical (unpaired) electrons. The van der Waals surface area contributed by atoms with E-state index in [4.69, 9.17) is 27.9 Å². The number of rotatable bonds is 9. The number of hydrogen-bond acceptors (Lipinski definition) is 5. The van der Waals surface area contributed by atoms with Gasteiger partial charge in [-0.05, 0) is 61.6 Å². The first-order chi connectivity index (χ1) is 18.0. The number of amides is 1. The van der Waals surface area contributed by atoms with Crippen LogP contribution >= 0.6 is 23.2 Å². The lowest BCUT2D eigenvalue weighted by molar-refractivity contribution is -0.182. The van der Waals surface area contributed by atoms with Crippen LogP contribution in [0.25, 0.3) is 0 Å². The minimum atomic E-state index is -3.69. The molecule has 2 fully saturated rings. The van der Waals surface area contributed by atoms with E-state index in [-0.39, 0.29) is 11.8 Å². The van der Waals surface area contributed by atoms with Crippen molar-refractivity contribution >= 4 is 45.1 Å². The van der Waals surface area contributed by atoms with Gasteiger partial charge < -0.3 is 14.7 Å². The molecule has 206 valence electrons. The number of aliphatic carboxylic acids is 1. The topological polar surface area (TPSA) is 104 Å². The average molecular weight is 584 g/mol. The van der Waals surface area contributed by atoms with E-state index < -0.39 is 52.6 Å². The van der Waals surface area contributed by atoms with Gasteiger partial charge in [0.2, 0.25) is 10.0 Å². The van der Waals surface area contributed by atoms with Crippen LogP contribution in [-0.4, -0.2) is 65.1 Å². The predicted octanol–water partition coefficient (Wildman–Crippen LogP) is 5.07. The van der Waals surface area contributed by atoms with Gasteiger partial charge in [-0.15, -0.1) is 0 Å². The molecule has 0 bridgehead atoms. The summed E-state index contributed by atoms with van der Waals surface area (Å²) in [7, 11) is -3.69. The molecular formula is C27H32Cl2N2O6S. The lowest BCUT2D eigenvalue weighted by atomic mass is 9.89. The molecule has 2 saturated heterocycles. The van der Waals surface area contributed by atoms with Crippen LogP contribution in [-0.2, 0) is 24.3 Å². The molecule has 2 aliphatic rings. The Morgan fingerprint density at radius 1 is 1.13 bits per heavy atom. The Kier molecular flexibility index (Phi) is 9.04. The van der Waals surface area contributed by atoms with Crippen molar-refractivity contribution in [3.8, 4) is 0 Å². The van der Waals surface area contributed by atoms with Crippen LogP contribution in [0.15, 0.2) is 48.5 Å². The highest BCUT2D eigenvalue weighted by molar-refractivity contribution is 7.89. The molecule has 1 N–H and O–H groups in total. The van der Waals surface area contributed by atoms with E-state index in [9.17, 15) is 23.1 Å². The fourth-order valence-electron chi connectivity index (χ4n) is 5.45. The number of halogens is 2. The minimum absolute atomic E-state index is 0.107. The van der Waals surface area contributed by atoms with Gasteiger partial charge in [0.15, 0.2) is 0 Å². The number of morpholine rings is 1. The van der Waals surface area contributed by atoms with Crippen molar-refractivity contribution in [2.45, 2.75) is 69.9 Å². The van der Waals surface area contributed by atoms with Gasteiger partial charge in [-0.2, -0.15) is 4.31 Å². The van der Waals surface area contributed by atoms with Gasteiger partial charge >= 0.3 is 5.97 Å². The van der Waals surface area contributed by atoms with E-state index in [1.54, 1.807) is 48.5 Å². The first kappa shape index (κ1) is 28.8. The zero-order valence-corrected chi connectivity index (χ0v) is 23.6. The van der Waals surface area contributed by atoms with Gasteiger partial charge in [0, 0.05) is 28.7 Å². The summed E-state index contributed by atoms with van der Waals surface area (Å²) in [4.78, 5) is 27.1. The first-order valence-corrected chi connectivity index (χ1v) is 15.1.